The molecule has 1 N–H and O–H groups in total. The van der Waals surface area contributed by atoms with Crippen LogP contribution in [0.2, 0.25) is 0 Å². The van der Waals surface area contributed by atoms with Crippen molar-refractivity contribution in [1.82, 2.24) is 4.98 Å². The van der Waals surface area contributed by atoms with Crippen molar-refractivity contribution < 1.29 is 5.11 Å². The van der Waals surface area contributed by atoms with Crippen LogP contribution in [0.5, 0.6) is 0 Å². The van der Waals surface area contributed by atoms with Crippen LogP contribution >= 0.6 is 11.3 Å². The molecule has 1 aromatic heterocycles. The molecule has 0 bridgehead atoms. The Kier molecular flexibility index (Phi) is 4.71. The third kappa shape index (κ3) is 3.72. The molecular formula is C18H23NOS. The smallest absolute Gasteiger partial charge is 0.0959 e. The number of hydrogen-bond donors (Lipinski definition) is 1. The van der Waals surface area contributed by atoms with Crippen molar-refractivity contribution in [2.45, 2.75) is 51.0 Å². The summed E-state index contributed by atoms with van der Waals surface area (Å²) in [4.78, 5) is 4.79. The summed E-state index contributed by atoms with van der Waals surface area (Å²) in [5.41, 5.74) is 2.00. The maximum Gasteiger partial charge on any atom is 0.0959 e. The standard InChI is InChI=1S/C18H23NOS/c1-13-6-5-9-15(10-13)18-19-16(12-21-18)11-17(20)14-7-3-2-4-8-14/h2-4,7-8,12-13,15,17,20H,5-6,9-11H2,1H3. The lowest BCUT2D eigenvalue weighted by molar-refractivity contribution is 0.177. The van der Waals surface area contributed by atoms with Gasteiger partial charge >= 0.3 is 0 Å². The summed E-state index contributed by atoms with van der Waals surface area (Å²) in [5.74, 6) is 1.47. The van der Waals surface area contributed by atoms with Crippen LogP contribution in [0.3, 0.4) is 0 Å². The van der Waals surface area contributed by atoms with Crippen LogP contribution in [0.15, 0.2) is 35.7 Å². The highest BCUT2D eigenvalue weighted by Crippen LogP contribution is 2.37. The van der Waals surface area contributed by atoms with Gasteiger partial charge in [0, 0.05) is 17.7 Å². The number of aliphatic hydroxyl groups excluding tert-OH is 1. The normalized spacial score (nSPS) is 23.9. The molecule has 3 unspecified atom stereocenters. The SMILES string of the molecule is CC1CCCC(c2nc(CC(O)c3ccccc3)cs2)C1. The van der Waals surface area contributed by atoms with Crippen LogP contribution < -0.4 is 0 Å². The summed E-state index contributed by atoms with van der Waals surface area (Å²) in [6.07, 6.45) is 5.40. The summed E-state index contributed by atoms with van der Waals surface area (Å²) < 4.78 is 0. The van der Waals surface area contributed by atoms with Gasteiger partial charge in [0.2, 0.25) is 0 Å². The molecule has 0 amide bonds. The number of nitrogens with zero attached hydrogens (tertiary/aromatic N) is 1. The highest BCUT2D eigenvalue weighted by atomic mass is 32.1. The second-order valence-corrected chi connectivity index (χ2v) is 7.17. The van der Waals surface area contributed by atoms with E-state index in [1.165, 1.54) is 30.7 Å². The zero-order valence-corrected chi connectivity index (χ0v) is 13.4. The van der Waals surface area contributed by atoms with E-state index in [1.54, 1.807) is 11.3 Å². The lowest BCUT2D eigenvalue weighted by Crippen LogP contribution is -2.11. The molecule has 3 heteroatoms. The fourth-order valence-electron chi connectivity index (χ4n) is 3.25. The molecule has 3 rings (SSSR count). The second-order valence-electron chi connectivity index (χ2n) is 6.28. The molecule has 21 heavy (non-hydrogen) atoms. The number of aliphatic hydroxyl groups is 1. The van der Waals surface area contributed by atoms with E-state index in [4.69, 9.17) is 4.98 Å². The summed E-state index contributed by atoms with van der Waals surface area (Å²) in [5, 5.41) is 13.7. The van der Waals surface area contributed by atoms with E-state index in [2.05, 4.69) is 12.3 Å². The Morgan fingerprint density at radius 3 is 2.86 bits per heavy atom. The highest BCUT2D eigenvalue weighted by molar-refractivity contribution is 7.09. The Bertz CT molecular complexity index is 566. The third-order valence-corrected chi connectivity index (χ3v) is 5.50. The van der Waals surface area contributed by atoms with Gasteiger partial charge in [-0.25, -0.2) is 4.98 Å². The number of aromatic nitrogens is 1. The van der Waals surface area contributed by atoms with E-state index in [0.717, 1.165) is 17.2 Å². The van der Waals surface area contributed by atoms with E-state index in [9.17, 15) is 5.11 Å². The Morgan fingerprint density at radius 1 is 1.29 bits per heavy atom. The number of hydrogen-bond acceptors (Lipinski definition) is 3. The summed E-state index contributed by atoms with van der Waals surface area (Å²) >= 11 is 1.77. The quantitative estimate of drug-likeness (QED) is 0.887. The van der Waals surface area contributed by atoms with Gasteiger partial charge in [0.25, 0.3) is 0 Å². The number of benzene rings is 1. The Morgan fingerprint density at radius 2 is 2.10 bits per heavy atom. The molecule has 0 aliphatic heterocycles. The molecule has 1 aromatic carbocycles. The van der Waals surface area contributed by atoms with Crippen molar-refractivity contribution in [2.75, 3.05) is 0 Å². The first-order chi connectivity index (χ1) is 10.2. The van der Waals surface area contributed by atoms with Gasteiger partial charge in [-0.3, -0.25) is 0 Å². The average Bonchev–Trinajstić information content (AvgIpc) is 2.97. The van der Waals surface area contributed by atoms with Crippen molar-refractivity contribution in [2.24, 2.45) is 5.92 Å². The van der Waals surface area contributed by atoms with E-state index in [0.29, 0.717) is 12.3 Å². The number of thiazole rings is 1. The van der Waals surface area contributed by atoms with Gasteiger partial charge < -0.3 is 5.11 Å². The zero-order valence-electron chi connectivity index (χ0n) is 12.5. The minimum absolute atomic E-state index is 0.452. The predicted molar refractivity (Wildman–Crippen MR) is 87.6 cm³/mol. The topological polar surface area (TPSA) is 33.1 Å². The van der Waals surface area contributed by atoms with Crippen LogP contribution in [0.25, 0.3) is 0 Å². The molecule has 112 valence electrons. The van der Waals surface area contributed by atoms with Crippen LogP contribution in [0.4, 0.5) is 0 Å². The average molecular weight is 301 g/mol. The summed E-state index contributed by atoms with van der Waals surface area (Å²) in [6, 6.07) is 9.85. The lowest BCUT2D eigenvalue weighted by Gasteiger charge is -2.24. The van der Waals surface area contributed by atoms with Gasteiger partial charge in [-0.05, 0) is 24.3 Å². The van der Waals surface area contributed by atoms with Crippen molar-refractivity contribution in [3.63, 3.8) is 0 Å². The molecule has 1 aliphatic carbocycles. The largest absolute Gasteiger partial charge is 0.388 e. The minimum Gasteiger partial charge on any atom is -0.388 e. The molecule has 1 saturated carbocycles. The molecule has 0 radical (unpaired) electrons. The Balaban J connectivity index is 1.65. The first kappa shape index (κ1) is 14.7. The maximum atomic E-state index is 10.3. The van der Waals surface area contributed by atoms with Crippen molar-refractivity contribution in [1.29, 1.82) is 0 Å². The van der Waals surface area contributed by atoms with E-state index >= 15 is 0 Å². The lowest BCUT2D eigenvalue weighted by atomic mass is 9.83. The van der Waals surface area contributed by atoms with Gasteiger partial charge in [0.15, 0.2) is 0 Å². The van der Waals surface area contributed by atoms with E-state index < -0.39 is 6.10 Å². The molecule has 2 nitrogen and oxygen atoms in total. The van der Waals surface area contributed by atoms with Crippen molar-refractivity contribution in [3.05, 3.63) is 52.0 Å². The Labute approximate surface area is 130 Å². The molecule has 0 saturated heterocycles. The zero-order chi connectivity index (χ0) is 14.7. The molecule has 2 aromatic rings. The first-order valence-corrected chi connectivity index (χ1v) is 8.77. The molecule has 3 atom stereocenters. The number of rotatable bonds is 4. The first-order valence-electron chi connectivity index (χ1n) is 7.89. The summed E-state index contributed by atoms with van der Waals surface area (Å²) in [7, 11) is 0. The highest BCUT2D eigenvalue weighted by Gasteiger charge is 2.23. The second kappa shape index (κ2) is 6.71. The maximum absolute atomic E-state index is 10.3. The molecule has 1 heterocycles. The van der Waals surface area contributed by atoms with Crippen LogP contribution in [0.1, 0.15) is 60.9 Å². The Hall–Kier alpha value is -1.19. The monoisotopic (exact) mass is 301 g/mol. The predicted octanol–water partition coefficient (Wildman–Crippen LogP) is 4.71. The van der Waals surface area contributed by atoms with Gasteiger partial charge in [0.1, 0.15) is 0 Å². The van der Waals surface area contributed by atoms with Gasteiger partial charge in [0.05, 0.1) is 16.8 Å². The molecule has 0 spiro atoms. The minimum atomic E-state index is -0.452. The van der Waals surface area contributed by atoms with E-state index in [1.807, 2.05) is 30.3 Å². The van der Waals surface area contributed by atoms with Gasteiger partial charge in [-0.2, -0.15) is 0 Å². The van der Waals surface area contributed by atoms with Crippen LogP contribution in [0, 0.1) is 5.92 Å². The third-order valence-electron chi connectivity index (χ3n) is 4.44. The molecule has 1 fully saturated rings. The molecular weight excluding hydrogens is 278 g/mol. The van der Waals surface area contributed by atoms with Crippen LogP contribution in [-0.2, 0) is 6.42 Å². The van der Waals surface area contributed by atoms with Gasteiger partial charge in [-0.15, -0.1) is 11.3 Å². The van der Waals surface area contributed by atoms with Crippen molar-refractivity contribution in [3.8, 4) is 0 Å². The fraction of sp³-hybridized carbons (Fsp3) is 0.500. The van der Waals surface area contributed by atoms with Crippen LogP contribution in [-0.4, -0.2) is 10.1 Å². The van der Waals surface area contributed by atoms with E-state index in [-0.39, 0.29) is 0 Å². The fourth-order valence-corrected chi connectivity index (χ4v) is 4.24. The molecule has 1 aliphatic rings. The summed E-state index contributed by atoms with van der Waals surface area (Å²) in [6.45, 7) is 2.35. The van der Waals surface area contributed by atoms with Gasteiger partial charge in [-0.1, -0.05) is 50.1 Å². The van der Waals surface area contributed by atoms with Crippen molar-refractivity contribution >= 4 is 11.3 Å².